The third-order valence-electron chi connectivity index (χ3n) is 3.44. The van der Waals surface area contributed by atoms with Crippen LogP contribution in [0.3, 0.4) is 0 Å². The Balaban J connectivity index is 2.61. The fourth-order valence-corrected chi connectivity index (χ4v) is 2.42. The van der Waals surface area contributed by atoms with Crippen molar-refractivity contribution in [3.05, 3.63) is 52.3 Å². The summed E-state index contributed by atoms with van der Waals surface area (Å²) in [5, 5.41) is 8.86. The van der Waals surface area contributed by atoms with Crippen molar-refractivity contribution in [2.45, 2.75) is 26.8 Å². The van der Waals surface area contributed by atoms with Gasteiger partial charge in [-0.3, -0.25) is 4.79 Å². The summed E-state index contributed by atoms with van der Waals surface area (Å²) in [4.78, 5) is 12.6. The largest absolute Gasteiger partial charge is 0.497 e. The first-order chi connectivity index (χ1) is 10.6. The van der Waals surface area contributed by atoms with Crippen LogP contribution < -0.4 is 10.3 Å². The number of rotatable bonds is 5. The predicted molar refractivity (Wildman–Crippen MR) is 86.8 cm³/mol. The number of aromatic nitrogens is 1. The maximum atomic E-state index is 12.6. The van der Waals surface area contributed by atoms with E-state index in [1.807, 2.05) is 36.4 Å². The van der Waals surface area contributed by atoms with Gasteiger partial charge in [0.2, 0.25) is 0 Å². The number of methoxy groups -OCH3 is 1. The summed E-state index contributed by atoms with van der Waals surface area (Å²) >= 11 is 0. The van der Waals surface area contributed by atoms with Gasteiger partial charge >= 0.3 is 0 Å². The van der Waals surface area contributed by atoms with Gasteiger partial charge in [-0.15, -0.1) is 0 Å². The van der Waals surface area contributed by atoms with E-state index in [0.29, 0.717) is 18.0 Å². The number of hydrogen-bond acceptors (Lipinski definition) is 3. The Kier molecular flexibility index (Phi) is 5.00. The molecule has 2 aromatic rings. The molecule has 0 aliphatic rings. The van der Waals surface area contributed by atoms with Gasteiger partial charge in [-0.25, -0.2) is 0 Å². The summed E-state index contributed by atoms with van der Waals surface area (Å²) < 4.78 is 7.02. The number of ether oxygens (including phenoxy) is 1. The van der Waals surface area contributed by atoms with Crippen molar-refractivity contribution in [2.24, 2.45) is 5.92 Å². The van der Waals surface area contributed by atoms with Gasteiger partial charge in [-0.05, 0) is 24.1 Å². The number of benzene rings is 1. The van der Waals surface area contributed by atoms with Crippen LogP contribution in [0.5, 0.6) is 5.75 Å². The Hall–Kier alpha value is -2.54. The molecule has 0 N–H and O–H groups in total. The molecule has 0 spiro atoms. The highest BCUT2D eigenvalue weighted by Crippen LogP contribution is 2.24. The maximum absolute atomic E-state index is 12.6. The quantitative estimate of drug-likeness (QED) is 0.851. The van der Waals surface area contributed by atoms with Gasteiger partial charge in [0.15, 0.2) is 0 Å². The molecule has 1 aromatic heterocycles. The van der Waals surface area contributed by atoms with Crippen molar-refractivity contribution in [2.75, 3.05) is 7.11 Å². The van der Waals surface area contributed by atoms with Crippen LogP contribution in [0.25, 0.3) is 11.3 Å². The minimum Gasteiger partial charge on any atom is -0.497 e. The molecule has 0 atom stereocenters. The van der Waals surface area contributed by atoms with Crippen molar-refractivity contribution >= 4 is 0 Å². The molecule has 0 aliphatic carbocycles. The van der Waals surface area contributed by atoms with E-state index < -0.39 is 0 Å². The first-order valence-electron chi connectivity index (χ1n) is 7.31. The van der Waals surface area contributed by atoms with E-state index in [0.717, 1.165) is 17.0 Å². The Bertz CT molecular complexity index is 754. The average molecular weight is 296 g/mol. The molecule has 1 heterocycles. The Morgan fingerprint density at radius 1 is 1.27 bits per heavy atom. The topological polar surface area (TPSA) is 55.0 Å². The molecular formula is C18H20N2O2. The molecule has 0 unspecified atom stereocenters. The monoisotopic (exact) mass is 296 g/mol. The highest BCUT2D eigenvalue weighted by molar-refractivity contribution is 5.62. The van der Waals surface area contributed by atoms with Crippen molar-refractivity contribution in [3.8, 4) is 23.1 Å². The van der Waals surface area contributed by atoms with Gasteiger partial charge < -0.3 is 9.30 Å². The number of pyridine rings is 1. The van der Waals surface area contributed by atoms with Crippen LogP contribution >= 0.6 is 0 Å². The molecule has 114 valence electrons. The van der Waals surface area contributed by atoms with Gasteiger partial charge in [0, 0.05) is 17.7 Å². The molecule has 0 bridgehead atoms. The summed E-state index contributed by atoms with van der Waals surface area (Å²) in [5.41, 5.74) is 2.23. The number of nitriles is 1. The Labute approximate surface area is 130 Å². The fraction of sp³-hybridized carbons (Fsp3) is 0.333. The lowest BCUT2D eigenvalue weighted by Crippen LogP contribution is -2.26. The van der Waals surface area contributed by atoms with Crippen LogP contribution in [-0.4, -0.2) is 11.7 Å². The number of hydrogen-bond donors (Lipinski definition) is 0. The van der Waals surface area contributed by atoms with E-state index in [1.54, 1.807) is 17.7 Å². The second-order valence-corrected chi connectivity index (χ2v) is 5.62. The first-order valence-corrected chi connectivity index (χ1v) is 7.31. The second-order valence-electron chi connectivity index (χ2n) is 5.62. The van der Waals surface area contributed by atoms with E-state index in [4.69, 9.17) is 10.00 Å². The fourth-order valence-electron chi connectivity index (χ4n) is 2.42. The molecule has 0 fully saturated rings. The van der Waals surface area contributed by atoms with Gasteiger partial charge in [-0.2, -0.15) is 5.26 Å². The van der Waals surface area contributed by atoms with Crippen molar-refractivity contribution in [3.63, 3.8) is 0 Å². The lowest BCUT2D eigenvalue weighted by atomic mass is 10.1. The zero-order valence-corrected chi connectivity index (χ0v) is 13.2. The molecule has 4 heteroatoms. The molecule has 1 aromatic carbocycles. The van der Waals surface area contributed by atoms with Crippen molar-refractivity contribution < 1.29 is 4.74 Å². The highest BCUT2D eigenvalue weighted by Gasteiger charge is 2.12. The third kappa shape index (κ3) is 3.37. The van der Waals surface area contributed by atoms with E-state index in [2.05, 4.69) is 13.8 Å². The Morgan fingerprint density at radius 2 is 2.05 bits per heavy atom. The SMILES string of the molecule is COc1cccc(-c2ccc(CC#N)c(=O)n2CC(C)C)c1. The predicted octanol–water partition coefficient (Wildman–Crippen LogP) is 3.25. The van der Waals surface area contributed by atoms with Crippen LogP contribution in [0.2, 0.25) is 0 Å². The molecule has 0 radical (unpaired) electrons. The second kappa shape index (κ2) is 6.95. The van der Waals surface area contributed by atoms with E-state index >= 15 is 0 Å². The van der Waals surface area contributed by atoms with Crippen LogP contribution in [0.4, 0.5) is 0 Å². The average Bonchev–Trinajstić information content (AvgIpc) is 2.51. The molecule has 0 amide bonds. The smallest absolute Gasteiger partial charge is 0.255 e. The highest BCUT2D eigenvalue weighted by atomic mass is 16.5. The number of nitrogens with zero attached hydrogens (tertiary/aromatic N) is 2. The normalized spacial score (nSPS) is 10.5. The molecule has 0 saturated heterocycles. The van der Waals surface area contributed by atoms with E-state index in [1.165, 1.54) is 0 Å². The lowest BCUT2D eigenvalue weighted by molar-refractivity contribution is 0.415. The molecule has 0 saturated carbocycles. The van der Waals surface area contributed by atoms with Gasteiger partial charge in [0.1, 0.15) is 5.75 Å². The van der Waals surface area contributed by atoms with Crippen LogP contribution in [0.1, 0.15) is 19.4 Å². The van der Waals surface area contributed by atoms with Gasteiger partial charge in [0.05, 0.1) is 25.3 Å². The van der Waals surface area contributed by atoms with E-state index in [-0.39, 0.29) is 12.0 Å². The first kappa shape index (κ1) is 15.8. The molecule has 0 aliphatic heterocycles. The summed E-state index contributed by atoms with van der Waals surface area (Å²) in [5.74, 6) is 1.08. The minimum absolute atomic E-state index is 0.0874. The third-order valence-corrected chi connectivity index (χ3v) is 3.44. The van der Waals surface area contributed by atoms with Crippen LogP contribution in [0.15, 0.2) is 41.2 Å². The molecule has 22 heavy (non-hydrogen) atoms. The molecular weight excluding hydrogens is 276 g/mol. The van der Waals surface area contributed by atoms with Gasteiger partial charge in [0.25, 0.3) is 5.56 Å². The summed E-state index contributed by atoms with van der Waals surface area (Å²) in [7, 11) is 1.62. The zero-order chi connectivity index (χ0) is 16.1. The van der Waals surface area contributed by atoms with Crippen LogP contribution in [0, 0.1) is 17.2 Å². The molecule has 4 nitrogen and oxygen atoms in total. The lowest BCUT2D eigenvalue weighted by Gasteiger charge is -2.16. The van der Waals surface area contributed by atoms with Crippen molar-refractivity contribution in [1.29, 1.82) is 5.26 Å². The Morgan fingerprint density at radius 3 is 2.68 bits per heavy atom. The van der Waals surface area contributed by atoms with Crippen LogP contribution in [-0.2, 0) is 13.0 Å². The minimum atomic E-state index is -0.0874. The van der Waals surface area contributed by atoms with Crippen molar-refractivity contribution in [1.82, 2.24) is 4.57 Å². The molecule has 2 rings (SSSR count). The maximum Gasteiger partial charge on any atom is 0.255 e. The van der Waals surface area contributed by atoms with Gasteiger partial charge in [-0.1, -0.05) is 32.0 Å². The summed E-state index contributed by atoms with van der Waals surface area (Å²) in [6.45, 7) is 4.75. The summed E-state index contributed by atoms with van der Waals surface area (Å²) in [6, 6.07) is 13.4. The standard InChI is InChI=1S/C18H20N2O2/c1-13(2)12-20-17(8-7-14(9-10-19)18(20)21)15-5-4-6-16(11-15)22-3/h4-8,11,13H,9,12H2,1-3H3. The zero-order valence-electron chi connectivity index (χ0n) is 13.2. The summed E-state index contributed by atoms with van der Waals surface area (Å²) in [6.07, 6.45) is 0.134. The van der Waals surface area contributed by atoms with E-state index in [9.17, 15) is 4.79 Å².